The molecular formula is C16H15N5O4S. The molecular weight excluding hydrogens is 358 g/mol. The number of aromatic nitrogens is 4. The van der Waals surface area contributed by atoms with Crippen molar-refractivity contribution >= 4 is 17.2 Å². The van der Waals surface area contributed by atoms with Gasteiger partial charge in [-0.3, -0.25) is 24.5 Å². The highest BCUT2D eigenvalue weighted by Gasteiger charge is 2.21. The Labute approximate surface area is 151 Å². The number of amides is 1. The molecule has 9 nitrogen and oxygen atoms in total. The smallest absolute Gasteiger partial charge is 0.326 e. The SMILES string of the molecule is COc1c(C(=O)NC(C)c2nc(-c3cccnc3)cs2)[nH]c(=O)[nH]c1=O. The second-order valence-electron chi connectivity index (χ2n) is 5.32. The van der Waals surface area contributed by atoms with E-state index < -0.39 is 23.2 Å². The van der Waals surface area contributed by atoms with Gasteiger partial charge in [-0.25, -0.2) is 9.78 Å². The summed E-state index contributed by atoms with van der Waals surface area (Å²) in [5.41, 5.74) is -0.184. The lowest BCUT2D eigenvalue weighted by molar-refractivity contribution is 0.0930. The standard InChI is InChI=1S/C16H15N5O4S/c1-8(15-19-10(7-26-15)9-4-3-5-17-6-9)18-13(22)11-12(25-2)14(23)21-16(24)20-11/h3-8H,1-2H3,(H,18,22)(H2,20,21,23,24). The first-order valence-corrected chi connectivity index (χ1v) is 8.45. The Hall–Kier alpha value is -3.27. The minimum absolute atomic E-state index is 0.239. The van der Waals surface area contributed by atoms with Gasteiger partial charge in [0.2, 0.25) is 5.75 Å². The lowest BCUT2D eigenvalue weighted by Gasteiger charge is -2.12. The first-order valence-electron chi connectivity index (χ1n) is 7.57. The molecule has 134 valence electrons. The summed E-state index contributed by atoms with van der Waals surface area (Å²) in [5.74, 6) is -0.903. The maximum Gasteiger partial charge on any atom is 0.326 e. The number of rotatable bonds is 5. The van der Waals surface area contributed by atoms with Crippen molar-refractivity contribution in [3.8, 4) is 17.0 Å². The van der Waals surface area contributed by atoms with E-state index in [0.717, 1.165) is 11.3 Å². The van der Waals surface area contributed by atoms with Gasteiger partial charge in [0, 0.05) is 23.3 Å². The van der Waals surface area contributed by atoms with Gasteiger partial charge >= 0.3 is 5.69 Å². The minimum atomic E-state index is -0.790. The first kappa shape index (κ1) is 17.5. The molecule has 1 atom stereocenters. The fourth-order valence-corrected chi connectivity index (χ4v) is 3.13. The largest absolute Gasteiger partial charge is 0.489 e. The zero-order chi connectivity index (χ0) is 18.7. The molecule has 0 aromatic carbocycles. The maximum atomic E-state index is 12.4. The van der Waals surface area contributed by atoms with Crippen LogP contribution in [0, 0.1) is 0 Å². The number of hydrogen-bond donors (Lipinski definition) is 3. The normalized spacial score (nSPS) is 11.8. The monoisotopic (exact) mass is 373 g/mol. The lowest BCUT2D eigenvalue weighted by Crippen LogP contribution is -2.33. The number of thiazole rings is 1. The van der Waals surface area contributed by atoms with Gasteiger partial charge in [0.1, 0.15) is 5.01 Å². The van der Waals surface area contributed by atoms with Crippen molar-refractivity contribution in [2.75, 3.05) is 7.11 Å². The van der Waals surface area contributed by atoms with Crippen LogP contribution in [-0.2, 0) is 0 Å². The third-order valence-electron chi connectivity index (χ3n) is 3.53. The molecule has 0 bridgehead atoms. The van der Waals surface area contributed by atoms with E-state index in [1.165, 1.54) is 18.4 Å². The molecule has 3 rings (SSSR count). The van der Waals surface area contributed by atoms with Crippen LogP contribution in [-0.4, -0.2) is 33.0 Å². The Morgan fingerprint density at radius 1 is 1.35 bits per heavy atom. The van der Waals surface area contributed by atoms with Gasteiger partial charge in [-0.1, -0.05) is 0 Å². The third-order valence-corrected chi connectivity index (χ3v) is 4.55. The molecule has 1 amide bonds. The van der Waals surface area contributed by atoms with Crippen LogP contribution in [0.4, 0.5) is 0 Å². The Morgan fingerprint density at radius 2 is 2.15 bits per heavy atom. The molecule has 3 heterocycles. The second-order valence-corrected chi connectivity index (χ2v) is 6.21. The summed E-state index contributed by atoms with van der Waals surface area (Å²) in [5, 5.41) is 5.23. The molecule has 0 aliphatic rings. The number of carbonyl (C=O) groups is 1. The molecule has 0 saturated carbocycles. The van der Waals surface area contributed by atoms with Gasteiger partial charge in [0.15, 0.2) is 5.69 Å². The zero-order valence-electron chi connectivity index (χ0n) is 13.9. The summed E-state index contributed by atoms with van der Waals surface area (Å²) in [6.45, 7) is 1.75. The van der Waals surface area contributed by atoms with Crippen molar-refractivity contribution in [1.82, 2.24) is 25.3 Å². The number of pyridine rings is 1. The molecule has 0 saturated heterocycles. The van der Waals surface area contributed by atoms with Gasteiger partial charge in [-0.2, -0.15) is 0 Å². The summed E-state index contributed by atoms with van der Waals surface area (Å²) in [6.07, 6.45) is 3.38. The van der Waals surface area contributed by atoms with Gasteiger partial charge in [0.25, 0.3) is 11.5 Å². The zero-order valence-corrected chi connectivity index (χ0v) is 14.7. The molecule has 0 aliphatic heterocycles. The molecule has 0 radical (unpaired) electrons. The fraction of sp³-hybridized carbons (Fsp3) is 0.188. The highest BCUT2D eigenvalue weighted by molar-refractivity contribution is 7.10. The van der Waals surface area contributed by atoms with Crippen LogP contribution in [0.5, 0.6) is 5.75 Å². The second kappa shape index (κ2) is 7.31. The lowest BCUT2D eigenvalue weighted by atomic mass is 10.2. The number of nitrogens with zero attached hydrogens (tertiary/aromatic N) is 2. The number of aromatic amines is 2. The Morgan fingerprint density at radius 3 is 2.85 bits per heavy atom. The van der Waals surface area contributed by atoms with Crippen molar-refractivity contribution in [1.29, 1.82) is 0 Å². The summed E-state index contributed by atoms with van der Waals surface area (Å²) in [4.78, 5) is 48.4. The Balaban J connectivity index is 1.82. The molecule has 3 N–H and O–H groups in total. The van der Waals surface area contributed by atoms with Crippen LogP contribution < -0.4 is 21.3 Å². The fourth-order valence-electron chi connectivity index (χ4n) is 2.29. The van der Waals surface area contributed by atoms with Crippen LogP contribution in [0.15, 0.2) is 39.5 Å². The third kappa shape index (κ3) is 3.54. The van der Waals surface area contributed by atoms with Crippen molar-refractivity contribution in [3.05, 3.63) is 61.4 Å². The van der Waals surface area contributed by atoms with Crippen LogP contribution in [0.3, 0.4) is 0 Å². The van der Waals surface area contributed by atoms with Gasteiger partial charge in [0.05, 0.1) is 18.8 Å². The highest BCUT2D eigenvalue weighted by atomic mass is 32.1. The number of carbonyl (C=O) groups excluding carboxylic acids is 1. The number of methoxy groups -OCH3 is 1. The average Bonchev–Trinajstić information content (AvgIpc) is 3.12. The van der Waals surface area contributed by atoms with Gasteiger partial charge in [-0.15, -0.1) is 11.3 Å². The quantitative estimate of drug-likeness (QED) is 0.614. The molecule has 3 aromatic rings. The minimum Gasteiger partial charge on any atom is -0.489 e. The molecule has 10 heteroatoms. The van der Waals surface area contributed by atoms with E-state index >= 15 is 0 Å². The molecule has 1 unspecified atom stereocenters. The van der Waals surface area contributed by atoms with Crippen LogP contribution in [0.2, 0.25) is 0 Å². The van der Waals surface area contributed by atoms with Crippen molar-refractivity contribution < 1.29 is 9.53 Å². The number of nitrogens with one attached hydrogen (secondary N) is 3. The van der Waals surface area contributed by atoms with E-state index in [1.807, 2.05) is 22.5 Å². The van der Waals surface area contributed by atoms with E-state index in [2.05, 4.69) is 20.3 Å². The van der Waals surface area contributed by atoms with E-state index in [1.54, 1.807) is 19.3 Å². The summed E-state index contributed by atoms with van der Waals surface area (Å²) in [7, 11) is 1.24. The summed E-state index contributed by atoms with van der Waals surface area (Å²) >= 11 is 1.38. The molecule has 3 aromatic heterocycles. The van der Waals surface area contributed by atoms with E-state index in [9.17, 15) is 14.4 Å². The first-order chi connectivity index (χ1) is 12.5. The summed E-state index contributed by atoms with van der Waals surface area (Å²) < 4.78 is 4.91. The van der Waals surface area contributed by atoms with Crippen molar-refractivity contribution in [2.45, 2.75) is 13.0 Å². The van der Waals surface area contributed by atoms with E-state index in [-0.39, 0.29) is 11.4 Å². The Kier molecular flexibility index (Phi) is 4.94. The molecule has 26 heavy (non-hydrogen) atoms. The molecule has 0 fully saturated rings. The maximum absolute atomic E-state index is 12.4. The topological polar surface area (TPSA) is 130 Å². The van der Waals surface area contributed by atoms with Gasteiger partial charge in [-0.05, 0) is 19.1 Å². The number of H-pyrrole nitrogens is 2. The predicted octanol–water partition coefficient (Wildman–Crippen LogP) is 1.08. The Bertz CT molecular complexity index is 1040. The van der Waals surface area contributed by atoms with Crippen LogP contribution in [0.25, 0.3) is 11.3 Å². The highest BCUT2D eigenvalue weighted by Crippen LogP contribution is 2.25. The number of hydrogen-bond acceptors (Lipinski definition) is 7. The van der Waals surface area contributed by atoms with Crippen molar-refractivity contribution in [3.63, 3.8) is 0 Å². The van der Waals surface area contributed by atoms with E-state index in [4.69, 9.17) is 4.74 Å². The average molecular weight is 373 g/mol. The van der Waals surface area contributed by atoms with Crippen molar-refractivity contribution in [2.24, 2.45) is 0 Å². The van der Waals surface area contributed by atoms with Gasteiger partial charge < -0.3 is 10.1 Å². The molecule has 0 spiro atoms. The van der Waals surface area contributed by atoms with E-state index in [0.29, 0.717) is 5.01 Å². The number of ether oxygens (including phenoxy) is 1. The van der Waals surface area contributed by atoms with Crippen LogP contribution >= 0.6 is 11.3 Å². The summed E-state index contributed by atoms with van der Waals surface area (Å²) in [6, 6.07) is 3.26. The van der Waals surface area contributed by atoms with Crippen LogP contribution in [0.1, 0.15) is 28.5 Å². The molecule has 0 aliphatic carbocycles. The predicted molar refractivity (Wildman–Crippen MR) is 95.5 cm³/mol.